The van der Waals surface area contributed by atoms with Crippen LogP contribution in [-0.2, 0) is 11.3 Å². The molecule has 1 amide bonds. The molecule has 0 aliphatic heterocycles. The second-order valence-electron chi connectivity index (χ2n) is 6.14. The number of nitro groups is 1. The third-order valence-electron chi connectivity index (χ3n) is 2.83. The van der Waals surface area contributed by atoms with Gasteiger partial charge in [-0.05, 0) is 33.3 Å². The zero-order chi connectivity index (χ0) is 17.5. The van der Waals surface area contributed by atoms with E-state index in [1.807, 2.05) is 27.7 Å². The molecule has 0 aromatic carbocycles. The zero-order valence-electron chi connectivity index (χ0n) is 14.1. The maximum absolute atomic E-state index is 12.1. The Bertz CT molecular complexity index is 525. The summed E-state index contributed by atoms with van der Waals surface area (Å²) in [6.45, 7) is 9.87. The Balaban J connectivity index is 2.40. The highest BCUT2D eigenvalue weighted by Gasteiger charge is 2.21. The fraction of sp³-hybridized carbons (Fsp3) is 0.667. The molecule has 0 bridgehead atoms. The van der Waals surface area contributed by atoms with Crippen LogP contribution in [0.4, 0.5) is 9.80 Å². The monoisotopic (exact) mass is 343 g/mol. The maximum atomic E-state index is 12.1. The molecule has 1 heterocycles. The molecular weight excluding hydrogens is 318 g/mol. The van der Waals surface area contributed by atoms with Crippen molar-refractivity contribution >= 4 is 22.4 Å². The Hall–Kier alpha value is -1.67. The SMILES string of the molecule is CCCN(CCNCc1ccc([N+](=O)[O-])s1)C(=O)OC(C)(C)C. The Morgan fingerprint density at radius 3 is 2.61 bits per heavy atom. The molecule has 0 aliphatic rings. The first kappa shape index (κ1) is 19.4. The van der Waals surface area contributed by atoms with Crippen molar-refractivity contribution in [2.24, 2.45) is 0 Å². The van der Waals surface area contributed by atoms with E-state index in [0.717, 1.165) is 22.6 Å². The molecule has 0 radical (unpaired) electrons. The molecule has 1 N–H and O–H groups in total. The van der Waals surface area contributed by atoms with Gasteiger partial charge in [0, 0.05) is 37.1 Å². The fourth-order valence-electron chi connectivity index (χ4n) is 1.88. The van der Waals surface area contributed by atoms with Gasteiger partial charge in [0.1, 0.15) is 5.60 Å². The van der Waals surface area contributed by atoms with Crippen molar-refractivity contribution in [3.8, 4) is 0 Å². The fourth-order valence-corrected chi connectivity index (χ4v) is 2.67. The van der Waals surface area contributed by atoms with Crippen LogP contribution < -0.4 is 5.32 Å². The number of hydrogen-bond acceptors (Lipinski definition) is 6. The van der Waals surface area contributed by atoms with Gasteiger partial charge < -0.3 is 15.0 Å². The largest absolute Gasteiger partial charge is 0.444 e. The summed E-state index contributed by atoms with van der Waals surface area (Å²) in [5.41, 5.74) is -0.508. The molecule has 130 valence electrons. The molecule has 0 aliphatic carbocycles. The third kappa shape index (κ3) is 7.43. The van der Waals surface area contributed by atoms with Crippen LogP contribution in [0, 0.1) is 10.1 Å². The quantitative estimate of drug-likeness (QED) is 0.444. The smallest absolute Gasteiger partial charge is 0.410 e. The van der Waals surface area contributed by atoms with Gasteiger partial charge in [-0.3, -0.25) is 10.1 Å². The van der Waals surface area contributed by atoms with Crippen molar-refractivity contribution in [1.82, 2.24) is 10.2 Å². The average molecular weight is 343 g/mol. The molecule has 1 rings (SSSR count). The van der Waals surface area contributed by atoms with E-state index in [-0.39, 0.29) is 16.0 Å². The second kappa shape index (κ2) is 8.83. The van der Waals surface area contributed by atoms with Crippen molar-refractivity contribution in [2.45, 2.75) is 46.3 Å². The van der Waals surface area contributed by atoms with E-state index in [2.05, 4.69) is 5.32 Å². The van der Waals surface area contributed by atoms with Gasteiger partial charge >= 0.3 is 11.1 Å². The number of ether oxygens (including phenoxy) is 1. The molecule has 0 saturated heterocycles. The van der Waals surface area contributed by atoms with Crippen molar-refractivity contribution in [3.05, 3.63) is 27.1 Å². The van der Waals surface area contributed by atoms with Crippen molar-refractivity contribution in [1.29, 1.82) is 0 Å². The lowest BCUT2D eigenvalue weighted by Crippen LogP contribution is -2.40. The van der Waals surface area contributed by atoms with E-state index in [1.54, 1.807) is 11.0 Å². The number of carbonyl (C=O) groups is 1. The average Bonchev–Trinajstić information content (AvgIpc) is 2.89. The van der Waals surface area contributed by atoms with Crippen molar-refractivity contribution < 1.29 is 14.5 Å². The van der Waals surface area contributed by atoms with Gasteiger partial charge in [-0.1, -0.05) is 18.3 Å². The minimum absolute atomic E-state index is 0.142. The molecule has 23 heavy (non-hydrogen) atoms. The summed E-state index contributed by atoms with van der Waals surface area (Å²) in [6, 6.07) is 3.25. The first-order chi connectivity index (χ1) is 10.7. The number of hydrogen-bond donors (Lipinski definition) is 1. The molecular formula is C15H25N3O4S. The lowest BCUT2D eigenvalue weighted by atomic mass is 10.2. The number of amides is 1. The van der Waals surface area contributed by atoms with Crippen LogP contribution in [0.2, 0.25) is 0 Å². The number of rotatable bonds is 8. The van der Waals surface area contributed by atoms with Gasteiger partial charge in [0.25, 0.3) is 0 Å². The van der Waals surface area contributed by atoms with Crippen LogP contribution in [0.25, 0.3) is 0 Å². The predicted molar refractivity (Wildman–Crippen MR) is 90.8 cm³/mol. The van der Waals surface area contributed by atoms with E-state index >= 15 is 0 Å². The van der Waals surface area contributed by atoms with Gasteiger partial charge in [0.2, 0.25) is 0 Å². The highest BCUT2D eigenvalue weighted by atomic mass is 32.1. The van der Waals surface area contributed by atoms with Crippen LogP contribution >= 0.6 is 11.3 Å². The Labute approximate surface area is 140 Å². The van der Waals surface area contributed by atoms with Crippen molar-refractivity contribution in [2.75, 3.05) is 19.6 Å². The minimum atomic E-state index is -0.508. The van der Waals surface area contributed by atoms with Gasteiger partial charge in [-0.25, -0.2) is 4.79 Å². The highest BCUT2D eigenvalue weighted by molar-refractivity contribution is 7.15. The molecule has 0 spiro atoms. The molecule has 0 unspecified atom stereocenters. The standard InChI is InChI=1S/C15H25N3O4S/c1-5-9-17(14(19)22-15(2,3)4)10-8-16-11-12-6-7-13(23-12)18(20)21/h6-7,16H,5,8-11H2,1-4H3. The van der Waals surface area contributed by atoms with Crippen LogP contribution in [0.1, 0.15) is 39.0 Å². The van der Waals surface area contributed by atoms with Gasteiger partial charge in [-0.15, -0.1) is 0 Å². The Kier molecular flexibility index (Phi) is 7.44. The Morgan fingerprint density at radius 2 is 2.09 bits per heavy atom. The normalized spacial score (nSPS) is 11.3. The first-order valence-corrected chi connectivity index (χ1v) is 8.46. The summed E-state index contributed by atoms with van der Waals surface area (Å²) in [7, 11) is 0. The van der Waals surface area contributed by atoms with E-state index in [4.69, 9.17) is 4.74 Å². The lowest BCUT2D eigenvalue weighted by Gasteiger charge is -2.27. The highest BCUT2D eigenvalue weighted by Crippen LogP contribution is 2.23. The Morgan fingerprint density at radius 1 is 1.39 bits per heavy atom. The van der Waals surface area contributed by atoms with Crippen LogP contribution in [-0.4, -0.2) is 41.2 Å². The summed E-state index contributed by atoms with van der Waals surface area (Å²) in [5.74, 6) is 0. The number of nitrogens with zero attached hydrogens (tertiary/aromatic N) is 2. The number of carbonyl (C=O) groups excluding carboxylic acids is 1. The molecule has 7 nitrogen and oxygen atoms in total. The van der Waals surface area contributed by atoms with E-state index in [0.29, 0.717) is 26.2 Å². The van der Waals surface area contributed by atoms with E-state index in [1.165, 1.54) is 6.07 Å². The first-order valence-electron chi connectivity index (χ1n) is 7.64. The molecule has 0 fully saturated rings. The number of thiophene rings is 1. The summed E-state index contributed by atoms with van der Waals surface area (Å²) in [5, 5.41) is 14.0. The topological polar surface area (TPSA) is 84.7 Å². The summed E-state index contributed by atoms with van der Waals surface area (Å²) >= 11 is 1.16. The second-order valence-corrected chi connectivity index (χ2v) is 7.29. The maximum Gasteiger partial charge on any atom is 0.410 e. The molecule has 8 heteroatoms. The van der Waals surface area contributed by atoms with Gasteiger partial charge in [0.15, 0.2) is 0 Å². The van der Waals surface area contributed by atoms with Crippen LogP contribution in [0.3, 0.4) is 0 Å². The van der Waals surface area contributed by atoms with Gasteiger partial charge in [0.05, 0.1) is 4.92 Å². The van der Waals surface area contributed by atoms with Crippen LogP contribution in [0.15, 0.2) is 12.1 Å². The molecule has 0 atom stereocenters. The zero-order valence-corrected chi connectivity index (χ0v) is 14.9. The predicted octanol–water partition coefficient (Wildman–Crippen LogP) is 3.39. The van der Waals surface area contributed by atoms with Crippen LogP contribution in [0.5, 0.6) is 0 Å². The van der Waals surface area contributed by atoms with Gasteiger partial charge in [-0.2, -0.15) is 0 Å². The molecule has 1 aromatic rings. The number of nitrogens with one attached hydrogen (secondary N) is 1. The van der Waals surface area contributed by atoms with Crippen molar-refractivity contribution in [3.63, 3.8) is 0 Å². The molecule has 1 aromatic heterocycles. The minimum Gasteiger partial charge on any atom is -0.444 e. The van der Waals surface area contributed by atoms with E-state index < -0.39 is 5.60 Å². The summed E-state index contributed by atoms with van der Waals surface area (Å²) < 4.78 is 5.38. The van der Waals surface area contributed by atoms with E-state index in [9.17, 15) is 14.9 Å². The molecule has 0 saturated carbocycles. The summed E-state index contributed by atoms with van der Waals surface area (Å²) in [6.07, 6.45) is 0.545. The lowest BCUT2D eigenvalue weighted by molar-refractivity contribution is -0.380. The third-order valence-corrected chi connectivity index (χ3v) is 3.87. The summed E-state index contributed by atoms with van der Waals surface area (Å²) in [4.78, 5) is 24.9.